The van der Waals surface area contributed by atoms with Crippen LogP contribution in [0.2, 0.25) is 0 Å². The molecule has 17 fully saturated rings. The van der Waals surface area contributed by atoms with Crippen LogP contribution < -0.4 is 0 Å². The summed E-state index contributed by atoms with van der Waals surface area (Å²) in [5.41, 5.74) is -6.32. The quantitative estimate of drug-likeness (QED) is 0.0677. The van der Waals surface area contributed by atoms with E-state index < -0.39 is 96.2 Å². The fraction of sp³-hybridized carbons (Fsp3) is 0.835. The van der Waals surface area contributed by atoms with Gasteiger partial charge in [0, 0.05) is 61.2 Å². The van der Waals surface area contributed by atoms with Gasteiger partial charge in [-0.15, -0.1) is 0 Å². The molecule has 7 heterocycles. The number of carbonyl (C=O) groups excluding carboxylic acids is 15. The first-order valence-corrected chi connectivity index (χ1v) is 47.0. The number of esters is 15. The van der Waals surface area contributed by atoms with Crippen LogP contribution in [-0.4, -0.2) is 182 Å². The minimum Gasteiger partial charge on any atom is -0.465 e. The molecule has 128 heavy (non-hydrogen) atoms. The van der Waals surface area contributed by atoms with Crippen LogP contribution in [0.3, 0.4) is 0 Å². The van der Waals surface area contributed by atoms with Crippen LogP contribution in [0.15, 0.2) is 0 Å². The van der Waals surface area contributed by atoms with Crippen molar-refractivity contribution < 1.29 is 143 Å². The highest BCUT2D eigenvalue weighted by Crippen LogP contribution is 2.66. The summed E-state index contributed by atoms with van der Waals surface area (Å²) in [6, 6.07) is 2.15. The Morgan fingerprint density at radius 2 is 0.898 bits per heavy atom. The van der Waals surface area contributed by atoms with Crippen molar-refractivity contribution in [1.82, 2.24) is 0 Å². The predicted octanol–water partition coefficient (Wildman–Crippen LogP) is 13.7. The number of nitriles is 1. The molecule has 10 aliphatic carbocycles. The van der Waals surface area contributed by atoms with Crippen LogP contribution in [0, 0.1) is 125 Å². The van der Waals surface area contributed by atoms with E-state index in [0.29, 0.717) is 114 Å². The zero-order valence-corrected chi connectivity index (χ0v) is 79.8. The Balaban J connectivity index is 0.000000157. The number of cyclic esters (lactones) is 4. The molecule has 0 radical (unpaired) electrons. The number of nitrogens with zero attached hydrogens (tertiary/aromatic N) is 1. The first-order chi connectivity index (χ1) is 59.5. The maximum absolute atomic E-state index is 13.1. The molecule has 0 aromatic heterocycles. The van der Waals surface area contributed by atoms with Gasteiger partial charge < -0.3 is 71.1 Å². The second-order valence-corrected chi connectivity index (χ2v) is 43.7. The van der Waals surface area contributed by atoms with Gasteiger partial charge in [-0.2, -0.15) is 5.26 Å². The molecule has 7 aliphatic heterocycles. The molecule has 7 saturated heterocycles. The summed E-state index contributed by atoms with van der Waals surface area (Å²) >= 11 is 0. The average Bonchev–Trinajstić information content (AvgIpc) is 1.28. The molecule has 0 N–H and O–H groups in total. The van der Waals surface area contributed by atoms with Crippen molar-refractivity contribution >= 4 is 89.5 Å². The maximum Gasteiger partial charge on any atom is 0.347 e. The van der Waals surface area contributed by atoms with Crippen molar-refractivity contribution in [2.75, 3.05) is 26.4 Å². The van der Waals surface area contributed by atoms with Crippen molar-refractivity contribution in [3.05, 3.63) is 0 Å². The lowest BCUT2D eigenvalue weighted by Gasteiger charge is -2.60. The summed E-state index contributed by atoms with van der Waals surface area (Å²) in [5.74, 6) is -1.61. The molecule has 22 atom stereocenters. The van der Waals surface area contributed by atoms with Gasteiger partial charge in [0.15, 0.2) is 5.41 Å². The molecule has 716 valence electrons. The van der Waals surface area contributed by atoms with Crippen LogP contribution in [0.25, 0.3) is 0 Å². The highest BCUT2D eigenvalue weighted by atomic mass is 16.6. The molecule has 0 spiro atoms. The van der Waals surface area contributed by atoms with Crippen molar-refractivity contribution in [2.24, 2.45) is 114 Å². The summed E-state index contributed by atoms with van der Waals surface area (Å²) in [6.07, 6.45) is 12.3. The number of fused-ring (bicyclic) bond motifs is 3. The van der Waals surface area contributed by atoms with Gasteiger partial charge in [-0.3, -0.25) is 62.3 Å². The minimum atomic E-state index is -0.974. The van der Waals surface area contributed by atoms with Crippen molar-refractivity contribution in [3.63, 3.8) is 0 Å². The predicted molar refractivity (Wildman–Crippen MR) is 453 cm³/mol. The Kier molecular flexibility index (Phi) is 30.8. The monoisotopic (exact) mass is 1800 g/mol. The number of carbonyl (C=O) groups is 15. The summed E-state index contributed by atoms with van der Waals surface area (Å²) in [6.45, 7) is 44.8. The van der Waals surface area contributed by atoms with Crippen LogP contribution >= 0.6 is 0 Å². The van der Waals surface area contributed by atoms with E-state index in [2.05, 4.69) is 13.0 Å². The highest BCUT2D eigenvalue weighted by molar-refractivity contribution is 5.87. The fourth-order valence-corrected chi connectivity index (χ4v) is 20.4. The Labute approximate surface area is 753 Å². The topological polar surface area (TPSA) is 418 Å². The fourth-order valence-electron chi connectivity index (χ4n) is 20.4. The summed E-state index contributed by atoms with van der Waals surface area (Å²) < 4.78 is 79.8. The van der Waals surface area contributed by atoms with Gasteiger partial charge in [0.1, 0.15) is 60.5 Å². The Hall–Kier alpha value is -8.46. The van der Waals surface area contributed by atoms with E-state index in [9.17, 15) is 77.2 Å². The first kappa shape index (κ1) is 102. The lowest BCUT2D eigenvalue weighted by Crippen LogP contribution is -2.60. The van der Waals surface area contributed by atoms with Gasteiger partial charge in [-0.1, -0.05) is 55.4 Å². The number of hydrogen-bond donors (Lipinski definition) is 0. The highest BCUT2D eigenvalue weighted by Gasteiger charge is 2.73. The maximum atomic E-state index is 13.1. The molecule has 0 amide bonds. The third kappa shape index (κ3) is 21.3. The average molecular weight is 1800 g/mol. The summed E-state index contributed by atoms with van der Waals surface area (Å²) in [7, 11) is 0. The van der Waals surface area contributed by atoms with E-state index in [1.54, 1.807) is 20.8 Å². The normalized spacial score (nSPS) is 35.2. The van der Waals surface area contributed by atoms with E-state index in [-0.39, 0.29) is 163 Å². The lowest BCUT2D eigenvalue weighted by molar-refractivity contribution is -0.219. The van der Waals surface area contributed by atoms with Gasteiger partial charge in [0.05, 0.1) is 93.9 Å². The van der Waals surface area contributed by atoms with E-state index >= 15 is 0 Å². The minimum absolute atomic E-state index is 0.0455. The van der Waals surface area contributed by atoms with Gasteiger partial charge in [0.2, 0.25) is 12.2 Å². The smallest absolute Gasteiger partial charge is 0.347 e. The zero-order valence-electron chi connectivity index (χ0n) is 79.8. The van der Waals surface area contributed by atoms with E-state index in [4.69, 9.17) is 71.1 Å². The van der Waals surface area contributed by atoms with Gasteiger partial charge in [-0.05, 0) is 231 Å². The molecule has 17 aliphatic rings. The molecule has 0 aromatic carbocycles. The van der Waals surface area contributed by atoms with E-state index in [1.165, 1.54) is 0 Å². The molecule has 10 saturated carbocycles. The summed E-state index contributed by atoms with van der Waals surface area (Å²) in [4.78, 5) is 178. The Morgan fingerprint density at radius 1 is 0.438 bits per heavy atom. The zero-order chi connectivity index (χ0) is 95.1. The molecule has 10 bridgehead atoms. The van der Waals surface area contributed by atoms with Crippen molar-refractivity contribution in [1.29, 1.82) is 5.26 Å². The second-order valence-electron chi connectivity index (χ2n) is 43.7. The molecular weight excluding hydrogens is 1660 g/mol. The van der Waals surface area contributed by atoms with Crippen LogP contribution in [-0.2, 0) is 143 Å². The number of rotatable bonds is 23. The third-order valence-corrected chi connectivity index (χ3v) is 31.8. The van der Waals surface area contributed by atoms with E-state index in [1.807, 2.05) is 132 Å². The molecule has 17 rings (SSSR count). The SMILES string of the molecule is CCC(C)(C)C(=O)OC1(C)CCOC(=O)C1.CCC(C)(C)C(=O)OC12CC3CC(C1)CC(C(=O)OC1CCOC1=O)(C3)C2.CCC(C)(C)C(=O)OC1C2CC3C(=O)OC1C3C2.CCC(C)(C)C(=O)OC1C2CC3C1OC(=O)C3(C#N)C2.CCC(C)(C)C(=O)OC1C2CC3C1OC(=O)C3C2C.CCC(C)(C)C(=O)OC1CCOC1=O.CCC(C)(C)C(=O)OC1COC(=O)C1. The van der Waals surface area contributed by atoms with Gasteiger partial charge in [0.25, 0.3) is 0 Å². The van der Waals surface area contributed by atoms with Crippen molar-refractivity contribution in [3.8, 4) is 6.07 Å². The van der Waals surface area contributed by atoms with Gasteiger partial charge in [-0.25, -0.2) is 9.59 Å². The Morgan fingerprint density at radius 3 is 1.38 bits per heavy atom. The molecule has 31 heteroatoms. The summed E-state index contributed by atoms with van der Waals surface area (Å²) in [5, 5.41) is 9.31. The molecule has 31 nitrogen and oxygen atoms in total. The number of hydrogen-bond acceptors (Lipinski definition) is 31. The van der Waals surface area contributed by atoms with Crippen LogP contribution in [0.4, 0.5) is 0 Å². The van der Waals surface area contributed by atoms with Crippen LogP contribution in [0.5, 0.6) is 0 Å². The van der Waals surface area contributed by atoms with Crippen molar-refractivity contribution in [2.45, 2.75) is 373 Å². The Bertz CT molecular complexity index is 4240. The molecule has 22 unspecified atom stereocenters. The molecule has 0 aromatic rings. The first-order valence-electron chi connectivity index (χ1n) is 47.0. The molecular formula is C97H143NO30. The van der Waals surface area contributed by atoms with Gasteiger partial charge >= 0.3 is 89.5 Å². The largest absolute Gasteiger partial charge is 0.465 e. The van der Waals surface area contributed by atoms with E-state index in [0.717, 1.165) is 70.6 Å². The number of ether oxygens (including phenoxy) is 15. The third-order valence-electron chi connectivity index (χ3n) is 31.8. The standard InChI is InChI=1S/C21H30O6.C15H19NO4.C15H22O4.C14H20O4.C12H20O4.2C10H16O4/c1-4-19(2,3)17(23)27-21-10-13-7-14(11-21)9-20(8-13,12-21)18(24)26-15-5-6-25-16(15)22;1-4-14(2,3)12(17)19-10-8-5-9-11(10)20-13(18)15(9,6-8)7-16;1-5-15(3,4)14(17)19-11-8-6-9-10(7(8)2)13(16)18-12(9)11;1-4-14(2,3)13(16)18-10-7-5-8-9(6-7)12(15)17-11(8)10;1-5-11(2,3)10(14)16-12(4)6-7-15-9(13)8-12;1-4-10(2,3)9(12)14-7-5-8(11)13-6-7;1-4-10(2,3)9(12)14-7-5-6-13-8(7)11/h13-15H,4-12H2,1-3H3;8-11H,4-6H2,1-3H3;7-12H,5-6H2,1-4H3;7-11H,4-6H2,1-3H3;5-8H2,1-4H3;2*7H,4-6H2,1-3H3. The second kappa shape index (κ2) is 38.8. The lowest BCUT2D eigenvalue weighted by atomic mass is 9.48. The van der Waals surface area contributed by atoms with Crippen LogP contribution in [0.1, 0.15) is 307 Å².